The molecule has 4 heteroatoms. The first kappa shape index (κ1) is 34.5. The summed E-state index contributed by atoms with van der Waals surface area (Å²) in [6.45, 7) is 0. The van der Waals surface area contributed by atoms with E-state index >= 15 is 0 Å². The molecule has 0 fully saturated rings. The summed E-state index contributed by atoms with van der Waals surface area (Å²) in [5, 5.41) is 9.14. The lowest BCUT2D eigenvalue weighted by molar-refractivity contribution is 0.669. The van der Waals surface area contributed by atoms with Gasteiger partial charge in [0.05, 0.1) is 0 Å². The number of para-hydroxylation sites is 5. The molecule has 3 heterocycles. The number of fused-ring (bicyclic) bond motifs is 11. The van der Waals surface area contributed by atoms with Gasteiger partial charge in [-0.3, -0.25) is 0 Å². The average molecular weight is 794 g/mol. The van der Waals surface area contributed by atoms with E-state index in [1.54, 1.807) is 0 Å². The molecule has 0 atom stereocenters. The Bertz CT molecular complexity index is 3710. The van der Waals surface area contributed by atoms with E-state index < -0.39 is 0 Å². The van der Waals surface area contributed by atoms with Crippen LogP contribution >= 0.6 is 0 Å². The van der Waals surface area contributed by atoms with Gasteiger partial charge >= 0.3 is 0 Å². The summed E-state index contributed by atoms with van der Waals surface area (Å²) in [6.07, 6.45) is 0. The van der Waals surface area contributed by atoms with Gasteiger partial charge in [0.25, 0.3) is 0 Å². The van der Waals surface area contributed by atoms with E-state index in [-0.39, 0.29) is 0 Å². The van der Waals surface area contributed by atoms with Crippen LogP contribution in [-0.4, -0.2) is 0 Å². The summed E-state index contributed by atoms with van der Waals surface area (Å²) >= 11 is 0. The number of hydrogen-bond donors (Lipinski definition) is 0. The number of benzene rings is 10. The third-order valence-electron chi connectivity index (χ3n) is 12.5. The Morgan fingerprint density at radius 1 is 0.274 bits per heavy atom. The molecule has 0 amide bonds. The molecule has 0 N–H and O–H groups in total. The maximum atomic E-state index is 6.70. The van der Waals surface area contributed by atoms with Crippen molar-refractivity contribution in [2.45, 2.75) is 0 Å². The van der Waals surface area contributed by atoms with Gasteiger partial charge in [-0.25, -0.2) is 0 Å². The molecule has 0 radical (unpaired) electrons. The second kappa shape index (κ2) is 13.6. The maximum absolute atomic E-state index is 6.70. The van der Waals surface area contributed by atoms with Crippen LogP contribution in [0, 0.1) is 0 Å². The van der Waals surface area contributed by atoms with Crippen LogP contribution in [0.25, 0.3) is 110 Å². The molecule has 0 aliphatic heterocycles. The van der Waals surface area contributed by atoms with Gasteiger partial charge in [0, 0.05) is 66.1 Å². The van der Waals surface area contributed by atoms with E-state index in [2.05, 4.69) is 193 Å². The smallest absolute Gasteiger partial charge is 0.143 e. The molecule has 0 aliphatic rings. The van der Waals surface area contributed by atoms with Crippen molar-refractivity contribution in [3.8, 4) is 33.4 Å². The second-order valence-electron chi connectivity index (χ2n) is 16.0. The number of anilines is 3. The van der Waals surface area contributed by atoms with Crippen LogP contribution in [0.3, 0.4) is 0 Å². The summed E-state index contributed by atoms with van der Waals surface area (Å²) in [6, 6.07) is 74.9. The summed E-state index contributed by atoms with van der Waals surface area (Å²) in [7, 11) is 0. The van der Waals surface area contributed by atoms with Crippen molar-refractivity contribution < 1.29 is 13.3 Å². The van der Waals surface area contributed by atoms with Crippen LogP contribution < -0.4 is 4.90 Å². The quantitative estimate of drug-likeness (QED) is 0.168. The number of hydrogen-bond acceptors (Lipinski definition) is 4. The highest BCUT2D eigenvalue weighted by Crippen LogP contribution is 2.44. The zero-order chi connectivity index (χ0) is 40.7. The van der Waals surface area contributed by atoms with Crippen molar-refractivity contribution in [2.75, 3.05) is 4.90 Å². The van der Waals surface area contributed by atoms with Crippen molar-refractivity contribution in [3.05, 3.63) is 212 Å². The summed E-state index contributed by atoms with van der Waals surface area (Å²) in [4.78, 5) is 2.33. The standard InChI is InChI=1S/C58H35NO3/c1-2-14-43-36(11-1)29-34-54-55(43)51-22-10-19-46(58(51)62-54)39-12-7-13-42(35-39)59(40-30-25-37(26-31-40)44-17-8-20-49-47-15-3-5-23-52(47)60-56(44)49)41-32-27-38(28-33-41)45-18-9-21-50-48-16-4-6-24-53(48)61-57(45)50/h1-35H. The lowest BCUT2D eigenvalue weighted by atomic mass is 9.99. The minimum Gasteiger partial charge on any atom is -0.455 e. The molecule has 0 saturated heterocycles. The van der Waals surface area contributed by atoms with Gasteiger partial charge in [-0.05, 0) is 82.1 Å². The molecule has 0 saturated carbocycles. The third-order valence-corrected chi connectivity index (χ3v) is 12.5. The van der Waals surface area contributed by atoms with Crippen molar-refractivity contribution in [3.63, 3.8) is 0 Å². The fourth-order valence-corrected chi connectivity index (χ4v) is 9.58. The molecule has 0 spiro atoms. The van der Waals surface area contributed by atoms with Gasteiger partial charge in [0.2, 0.25) is 0 Å². The average Bonchev–Trinajstić information content (AvgIpc) is 4.04. The summed E-state index contributed by atoms with van der Waals surface area (Å²) < 4.78 is 19.6. The molecular formula is C58H35NO3. The van der Waals surface area contributed by atoms with Gasteiger partial charge in [-0.1, -0.05) is 158 Å². The predicted molar refractivity (Wildman–Crippen MR) is 257 cm³/mol. The largest absolute Gasteiger partial charge is 0.455 e. The van der Waals surface area contributed by atoms with Gasteiger partial charge < -0.3 is 18.2 Å². The lowest BCUT2D eigenvalue weighted by Crippen LogP contribution is -2.10. The van der Waals surface area contributed by atoms with E-state index in [1.165, 1.54) is 10.8 Å². The van der Waals surface area contributed by atoms with Gasteiger partial charge in [0.1, 0.15) is 33.5 Å². The summed E-state index contributed by atoms with van der Waals surface area (Å²) in [5.41, 5.74) is 14.9. The van der Waals surface area contributed by atoms with Gasteiger partial charge in [0.15, 0.2) is 0 Å². The van der Waals surface area contributed by atoms with Crippen LogP contribution in [0.15, 0.2) is 226 Å². The molecule has 10 aromatic carbocycles. The molecule has 0 unspecified atom stereocenters. The van der Waals surface area contributed by atoms with E-state index in [0.717, 1.165) is 116 Å². The minimum atomic E-state index is 0.885. The Hall–Kier alpha value is -8.34. The topological polar surface area (TPSA) is 42.7 Å². The molecule has 0 aliphatic carbocycles. The monoisotopic (exact) mass is 793 g/mol. The van der Waals surface area contributed by atoms with Crippen molar-refractivity contribution in [1.29, 1.82) is 0 Å². The fourth-order valence-electron chi connectivity index (χ4n) is 9.58. The Kier molecular flexibility index (Phi) is 7.57. The maximum Gasteiger partial charge on any atom is 0.143 e. The van der Waals surface area contributed by atoms with Crippen LogP contribution in [-0.2, 0) is 0 Å². The first-order valence-electron chi connectivity index (χ1n) is 21.0. The van der Waals surface area contributed by atoms with E-state index in [1.807, 2.05) is 24.3 Å². The minimum absolute atomic E-state index is 0.885. The number of rotatable bonds is 6. The highest BCUT2D eigenvalue weighted by molar-refractivity contribution is 6.21. The normalized spacial score (nSPS) is 11.9. The molecule has 13 aromatic rings. The van der Waals surface area contributed by atoms with E-state index in [4.69, 9.17) is 13.3 Å². The molecule has 62 heavy (non-hydrogen) atoms. The molecule has 0 bridgehead atoms. The molecule has 3 aromatic heterocycles. The highest BCUT2D eigenvalue weighted by atomic mass is 16.3. The first-order chi connectivity index (χ1) is 30.7. The highest BCUT2D eigenvalue weighted by Gasteiger charge is 2.20. The Morgan fingerprint density at radius 3 is 1.35 bits per heavy atom. The molecule has 13 rings (SSSR count). The van der Waals surface area contributed by atoms with Crippen LogP contribution in [0.2, 0.25) is 0 Å². The van der Waals surface area contributed by atoms with Gasteiger partial charge in [-0.15, -0.1) is 0 Å². The van der Waals surface area contributed by atoms with E-state index in [9.17, 15) is 0 Å². The molecule has 4 nitrogen and oxygen atoms in total. The van der Waals surface area contributed by atoms with Crippen molar-refractivity contribution in [2.24, 2.45) is 0 Å². The number of nitrogens with zero attached hydrogens (tertiary/aromatic N) is 1. The third kappa shape index (κ3) is 5.33. The predicted octanol–water partition coefficient (Wildman–Crippen LogP) is 17.0. The Balaban J connectivity index is 0.947. The van der Waals surface area contributed by atoms with Crippen molar-refractivity contribution >= 4 is 93.7 Å². The first-order valence-corrected chi connectivity index (χ1v) is 21.0. The zero-order valence-corrected chi connectivity index (χ0v) is 33.4. The van der Waals surface area contributed by atoms with Crippen molar-refractivity contribution in [1.82, 2.24) is 0 Å². The molecular weight excluding hydrogens is 759 g/mol. The van der Waals surface area contributed by atoms with Crippen LogP contribution in [0.4, 0.5) is 17.1 Å². The SMILES string of the molecule is c1cc(-c2cccc3c2oc2ccc4ccccc4c23)cc(N(c2ccc(-c3cccc4c3oc3ccccc34)cc2)c2ccc(-c3cccc4c3oc3ccccc34)cc2)c1. The van der Waals surface area contributed by atoms with Crippen LogP contribution in [0.5, 0.6) is 0 Å². The van der Waals surface area contributed by atoms with Gasteiger partial charge in [-0.2, -0.15) is 0 Å². The fraction of sp³-hybridized carbons (Fsp3) is 0. The number of furan rings is 3. The second-order valence-corrected chi connectivity index (χ2v) is 16.0. The Morgan fingerprint density at radius 2 is 0.742 bits per heavy atom. The van der Waals surface area contributed by atoms with E-state index in [0.29, 0.717) is 0 Å². The lowest BCUT2D eigenvalue weighted by Gasteiger charge is -2.26. The van der Waals surface area contributed by atoms with Crippen LogP contribution in [0.1, 0.15) is 0 Å². The summed E-state index contributed by atoms with van der Waals surface area (Å²) in [5.74, 6) is 0. The molecule has 290 valence electrons. The zero-order valence-electron chi connectivity index (χ0n) is 33.4. The Labute approximate surface area is 356 Å².